The van der Waals surface area contributed by atoms with E-state index in [2.05, 4.69) is 5.10 Å². The Kier molecular flexibility index (Phi) is 4.14. The van der Waals surface area contributed by atoms with Crippen molar-refractivity contribution < 1.29 is 14.3 Å². The third kappa shape index (κ3) is 3.19. The molecule has 0 bridgehead atoms. The largest absolute Gasteiger partial charge is 0.462 e. The van der Waals surface area contributed by atoms with E-state index in [0.717, 1.165) is 30.6 Å². The summed E-state index contributed by atoms with van der Waals surface area (Å²) < 4.78 is 12.9. The highest BCUT2D eigenvalue weighted by molar-refractivity contribution is 5.68. The lowest BCUT2D eigenvalue weighted by atomic mass is 10.1. The number of hydrogen-bond donors (Lipinski definition) is 0. The van der Waals surface area contributed by atoms with Crippen molar-refractivity contribution >= 4 is 5.97 Å². The van der Waals surface area contributed by atoms with E-state index in [9.17, 15) is 9.59 Å². The molecule has 1 aromatic rings. The average Bonchev–Trinajstić information content (AvgIpc) is 2.70. The van der Waals surface area contributed by atoms with Crippen LogP contribution in [-0.4, -0.2) is 39.6 Å². The van der Waals surface area contributed by atoms with Gasteiger partial charge in [0, 0.05) is 13.7 Å². The van der Waals surface area contributed by atoms with E-state index in [1.165, 1.54) is 10.9 Å². The molecule has 0 amide bonds. The predicted molar refractivity (Wildman–Crippen MR) is 62.0 cm³/mol. The van der Waals surface area contributed by atoms with Gasteiger partial charge in [0.2, 0.25) is 0 Å². The van der Waals surface area contributed by atoms with E-state index in [4.69, 9.17) is 9.47 Å². The molecule has 0 saturated carbocycles. The van der Waals surface area contributed by atoms with E-state index in [1.807, 2.05) is 0 Å². The lowest BCUT2D eigenvalue weighted by Crippen LogP contribution is -2.30. The van der Waals surface area contributed by atoms with Gasteiger partial charge >= 0.3 is 11.7 Å². The van der Waals surface area contributed by atoms with Crippen LogP contribution in [0.4, 0.5) is 0 Å². The van der Waals surface area contributed by atoms with Gasteiger partial charge in [-0.15, -0.1) is 0 Å². The molecule has 0 unspecified atom stereocenters. The van der Waals surface area contributed by atoms with Gasteiger partial charge in [0.25, 0.3) is 0 Å². The van der Waals surface area contributed by atoms with Crippen molar-refractivity contribution in [3.05, 3.63) is 16.8 Å². The molecule has 1 aliphatic heterocycles. The van der Waals surface area contributed by atoms with Crippen LogP contribution >= 0.6 is 0 Å². The second kappa shape index (κ2) is 5.81. The Labute approximate surface area is 104 Å². The van der Waals surface area contributed by atoms with E-state index in [1.54, 1.807) is 7.05 Å². The second-order valence-corrected chi connectivity index (χ2v) is 4.35. The number of aromatic nitrogens is 3. The maximum absolute atomic E-state index is 11.5. The summed E-state index contributed by atoms with van der Waals surface area (Å²) in [5.41, 5.74) is -0.333. The molecule has 18 heavy (non-hydrogen) atoms. The quantitative estimate of drug-likeness (QED) is 0.690. The van der Waals surface area contributed by atoms with Gasteiger partial charge in [0.15, 0.2) is 0 Å². The van der Waals surface area contributed by atoms with Crippen molar-refractivity contribution in [3.8, 4) is 0 Å². The van der Waals surface area contributed by atoms with Gasteiger partial charge in [0.1, 0.15) is 19.5 Å². The fourth-order valence-corrected chi connectivity index (χ4v) is 1.82. The first-order chi connectivity index (χ1) is 8.66. The number of nitrogens with zero attached hydrogens (tertiary/aromatic N) is 3. The van der Waals surface area contributed by atoms with Crippen molar-refractivity contribution in [1.29, 1.82) is 0 Å². The summed E-state index contributed by atoms with van der Waals surface area (Å²) in [6.45, 7) is 0.814. The molecule has 2 rings (SSSR count). The molecule has 100 valence electrons. The molecule has 1 fully saturated rings. The maximum atomic E-state index is 11.5. The molecule has 0 aliphatic carbocycles. The fraction of sp³-hybridized carbons (Fsp3) is 0.727. The zero-order valence-corrected chi connectivity index (χ0v) is 10.4. The normalized spacial score (nSPS) is 19.7. The van der Waals surface area contributed by atoms with Crippen LogP contribution in [0.5, 0.6) is 0 Å². The smallest absolute Gasteiger partial charge is 0.345 e. The first-order valence-electron chi connectivity index (χ1n) is 6.02. The summed E-state index contributed by atoms with van der Waals surface area (Å²) >= 11 is 0. The molecule has 0 spiro atoms. The molecular formula is C11H17N3O4. The third-order valence-electron chi connectivity index (χ3n) is 2.87. The zero-order valence-electron chi connectivity index (χ0n) is 10.4. The number of carbonyl (C=O) groups excluding carboxylic acids is 1. The molecule has 0 N–H and O–H groups in total. The van der Waals surface area contributed by atoms with Crippen LogP contribution in [-0.2, 0) is 27.9 Å². The minimum absolute atomic E-state index is 0.0110. The summed E-state index contributed by atoms with van der Waals surface area (Å²) in [5.74, 6) is -0.468. The van der Waals surface area contributed by atoms with E-state index in [0.29, 0.717) is 0 Å². The Morgan fingerprint density at radius 3 is 3.06 bits per heavy atom. The Morgan fingerprint density at radius 1 is 1.61 bits per heavy atom. The highest BCUT2D eigenvalue weighted by atomic mass is 16.6. The predicted octanol–water partition coefficient (Wildman–Crippen LogP) is -0.306. The molecule has 1 aliphatic rings. The number of carbonyl (C=O) groups is 1. The Morgan fingerprint density at radius 2 is 2.44 bits per heavy atom. The molecule has 1 saturated heterocycles. The summed E-state index contributed by atoms with van der Waals surface area (Å²) in [4.78, 5) is 23.0. The summed E-state index contributed by atoms with van der Waals surface area (Å²) in [5, 5.41) is 3.79. The zero-order chi connectivity index (χ0) is 13.0. The van der Waals surface area contributed by atoms with Crippen LogP contribution in [0.15, 0.2) is 11.1 Å². The van der Waals surface area contributed by atoms with Crippen molar-refractivity contribution in [2.24, 2.45) is 7.05 Å². The van der Waals surface area contributed by atoms with Crippen LogP contribution in [0.1, 0.15) is 19.3 Å². The van der Waals surface area contributed by atoms with Gasteiger partial charge in [-0.3, -0.25) is 9.36 Å². The third-order valence-corrected chi connectivity index (χ3v) is 2.87. The van der Waals surface area contributed by atoms with Gasteiger partial charge in [-0.25, -0.2) is 9.48 Å². The van der Waals surface area contributed by atoms with Gasteiger partial charge in [-0.1, -0.05) is 0 Å². The van der Waals surface area contributed by atoms with E-state index < -0.39 is 5.97 Å². The highest BCUT2D eigenvalue weighted by Crippen LogP contribution is 2.12. The molecule has 0 aromatic carbocycles. The highest BCUT2D eigenvalue weighted by Gasteiger charge is 2.16. The van der Waals surface area contributed by atoms with E-state index in [-0.39, 0.29) is 24.9 Å². The van der Waals surface area contributed by atoms with Gasteiger partial charge in [0.05, 0.1) is 6.10 Å². The van der Waals surface area contributed by atoms with Gasteiger partial charge in [-0.2, -0.15) is 5.10 Å². The number of ether oxygens (including phenoxy) is 2. The van der Waals surface area contributed by atoms with Crippen molar-refractivity contribution in [1.82, 2.24) is 14.3 Å². The van der Waals surface area contributed by atoms with E-state index >= 15 is 0 Å². The van der Waals surface area contributed by atoms with Crippen molar-refractivity contribution in [2.45, 2.75) is 31.9 Å². The second-order valence-electron chi connectivity index (χ2n) is 4.35. The Balaban J connectivity index is 1.78. The van der Waals surface area contributed by atoms with Crippen LogP contribution in [0.25, 0.3) is 0 Å². The van der Waals surface area contributed by atoms with Gasteiger partial charge in [-0.05, 0) is 19.3 Å². The standard InChI is InChI=1S/C11H17N3O4/c1-13-8-12-14(11(13)16)6-10(15)18-7-9-4-2-3-5-17-9/h8-9H,2-7H2,1H3/t9-/m0/s1. The lowest BCUT2D eigenvalue weighted by Gasteiger charge is -2.21. The number of esters is 1. The molecular weight excluding hydrogens is 238 g/mol. The van der Waals surface area contributed by atoms with Crippen LogP contribution in [0, 0.1) is 0 Å². The van der Waals surface area contributed by atoms with Crippen molar-refractivity contribution in [2.75, 3.05) is 13.2 Å². The summed E-state index contributed by atoms with van der Waals surface area (Å²) in [6, 6.07) is 0. The molecule has 0 radical (unpaired) electrons. The number of hydrogen-bond acceptors (Lipinski definition) is 5. The number of rotatable bonds is 4. The van der Waals surface area contributed by atoms with Crippen molar-refractivity contribution in [3.63, 3.8) is 0 Å². The molecule has 7 nitrogen and oxygen atoms in total. The Bertz CT molecular complexity index is 459. The van der Waals surface area contributed by atoms with Crippen LogP contribution in [0.3, 0.4) is 0 Å². The maximum Gasteiger partial charge on any atom is 0.345 e. The van der Waals surface area contributed by atoms with Crippen LogP contribution < -0.4 is 5.69 Å². The average molecular weight is 255 g/mol. The SMILES string of the molecule is Cn1cnn(CC(=O)OC[C@@H]2CCCCO2)c1=O. The summed E-state index contributed by atoms with van der Waals surface area (Å²) in [7, 11) is 1.58. The molecule has 2 heterocycles. The fourth-order valence-electron chi connectivity index (χ4n) is 1.82. The topological polar surface area (TPSA) is 75.3 Å². The first-order valence-corrected chi connectivity index (χ1v) is 6.02. The minimum atomic E-state index is -0.468. The minimum Gasteiger partial charge on any atom is -0.462 e. The lowest BCUT2D eigenvalue weighted by molar-refractivity contribution is -0.150. The monoisotopic (exact) mass is 255 g/mol. The molecule has 7 heteroatoms. The first kappa shape index (κ1) is 12.8. The molecule has 1 atom stereocenters. The Hall–Kier alpha value is -1.63. The number of aryl methyl sites for hydroxylation is 1. The summed E-state index contributed by atoms with van der Waals surface area (Å²) in [6.07, 6.45) is 4.43. The molecule has 1 aromatic heterocycles. The van der Waals surface area contributed by atoms with Crippen LogP contribution in [0.2, 0.25) is 0 Å². The van der Waals surface area contributed by atoms with Gasteiger partial charge < -0.3 is 9.47 Å².